The Kier molecular flexibility index (Phi) is 5.45. The molecule has 0 atom stereocenters. The SMILES string of the molecule is CCc1ccc(OCC(=O)N/N=C/c2csc(C)n2)cc1. The van der Waals surface area contributed by atoms with E-state index in [1.165, 1.54) is 23.1 Å². The minimum atomic E-state index is -0.308. The molecule has 0 aliphatic heterocycles. The first-order valence-corrected chi connectivity index (χ1v) is 7.51. The second-order valence-corrected chi connectivity index (χ2v) is 5.43. The summed E-state index contributed by atoms with van der Waals surface area (Å²) in [7, 11) is 0. The van der Waals surface area contributed by atoms with E-state index in [2.05, 4.69) is 22.4 Å². The van der Waals surface area contributed by atoms with E-state index in [0.717, 1.165) is 17.1 Å². The molecule has 0 spiro atoms. The molecule has 6 heteroatoms. The lowest BCUT2D eigenvalue weighted by Gasteiger charge is -2.05. The standard InChI is InChI=1S/C15H17N3O2S/c1-3-12-4-6-14(7-5-12)20-9-15(19)18-16-8-13-10-21-11(2)17-13/h4-8,10H,3,9H2,1-2H3,(H,18,19)/b16-8+. The van der Waals surface area contributed by atoms with Gasteiger partial charge in [-0.1, -0.05) is 19.1 Å². The molecule has 1 amide bonds. The average Bonchev–Trinajstić information content (AvgIpc) is 2.91. The first-order valence-electron chi connectivity index (χ1n) is 6.63. The topological polar surface area (TPSA) is 63.6 Å². The molecule has 0 aliphatic carbocycles. The minimum Gasteiger partial charge on any atom is -0.484 e. The molecule has 0 unspecified atom stereocenters. The first-order chi connectivity index (χ1) is 10.2. The number of hydrogen-bond acceptors (Lipinski definition) is 5. The van der Waals surface area contributed by atoms with Gasteiger partial charge < -0.3 is 4.74 Å². The Bertz CT molecular complexity index is 620. The van der Waals surface area contributed by atoms with Crippen molar-refractivity contribution in [3.8, 4) is 5.75 Å². The Hall–Kier alpha value is -2.21. The van der Waals surface area contributed by atoms with Crippen molar-refractivity contribution in [3.05, 3.63) is 45.9 Å². The van der Waals surface area contributed by atoms with Crippen LogP contribution >= 0.6 is 11.3 Å². The number of aryl methyl sites for hydroxylation is 2. The van der Waals surface area contributed by atoms with Gasteiger partial charge in [0.05, 0.1) is 16.9 Å². The van der Waals surface area contributed by atoms with Crippen molar-refractivity contribution >= 4 is 23.5 Å². The average molecular weight is 303 g/mol. The third-order valence-corrected chi connectivity index (χ3v) is 3.52. The van der Waals surface area contributed by atoms with Gasteiger partial charge in [0.15, 0.2) is 6.61 Å². The van der Waals surface area contributed by atoms with Crippen LogP contribution in [0.1, 0.15) is 23.2 Å². The number of amides is 1. The first kappa shape index (κ1) is 15.2. The highest BCUT2D eigenvalue weighted by Gasteiger charge is 2.01. The molecule has 2 rings (SSSR count). The summed E-state index contributed by atoms with van der Waals surface area (Å²) >= 11 is 1.53. The molecule has 5 nitrogen and oxygen atoms in total. The Morgan fingerprint density at radius 2 is 2.19 bits per heavy atom. The number of rotatable bonds is 6. The van der Waals surface area contributed by atoms with Crippen molar-refractivity contribution in [2.24, 2.45) is 5.10 Å². The van der Waals surface area contributed by atoms with Gasteiger partial charge in [-0.2, -0.15) is 5.10 Å². The van der Waals surface area contributed by atoms with Gasteiger partial charge >= 0.3 is 0 Å². The van der Waals surface area contributed by atoms with Crippen LogP contribution in [0.5, 0.6) is 5.75 Å². The molecule has 1 heterocycles. The summed E-state index contributed by atoms with van der Waals surface area (Å²) < 4.78 is 5.37. The third-order valence-electron chi connectivity index (χ3n) is 2.72. The predicted octanol–water partition coefficient (Wildman–Crippen LogP) is 2.54. The number of benzene rings is 1. The van der Waals surface area contributed by atoms with E-state index in [9.17, 15) is 4.79 Å². The summed E-state index contributed by atoms with van der Waals surface area (Å²) in [6.07, 6.45) is 2.49. The molecule has 110 valence electrons. The van der Waals surface area contributed by atoms with Crippen molar-refractivity contribution in [1.82, 2.24) is 10.4 Å². The molecule has 0 bridgehead atoms. The maximum atomic E-state index is 11.6. The van der Waals surface area contributed by atoms with Gasteiger partial charge in [-0.15, -0.1) is 11.3 Å². The van der Waals surface area contributed by atoms with Crippen molar-refractivity contribution in [2.75, 3.05) is 6.61 Å². The van der Waals surface area contributed by atoms with Crippen LogP contribution in [-0.2, 0) is 11.2 Å². The monoisotopic (exact) mass is 303 g/mol. The molecule has 1 aromatic heterocycles. The number of aromatic nitrogens is 1. The number of hydrazone groups is 1. The molecule has 0 aliphatic rings. The fraction of sp³-hybridized carbons (Fsp3) is 0.267. The fourth-order valence-corrected chi connectivity index (χ4v) is 2.18. The largest absolute Gasteiger partial charge is 0.484 e. The Balaban J connectivity index is 1.75. The quantitative estimate of drug-likeness (QED) is 0.659. The number of carbonyl (C=O) groups excluding carboxylic acids is 1. The van der Waals surface area contributed by atoms with Crippen LogP contribution in [0, 0.1) is 6.92 Å². The Morgan fingerprint density at radius 1 is 1.43 bits per heavy atom. The molecular formula is C15H17N3O2S. The zero-order valence-corrected chi connectivity index (χ0v) is 12.8. The summed E-state index contributed by atoms with van der Waals surface area (Å²) in [6.45, 7) is 3.93. The van der Waals surface area contributed by atoms with Crippen molar-refractivity contribution in [1.29, 1.82) is 0 Å². The highest BCUT2D eigenvalue weighted by Crippen LogP contribution is 2.12. The van der Waals surface area contributed by atoms with Crippen LogP contribution in [0.3, 0.4) is 0 Å². The van der Waals surface area contributed by atoms with Gasteiger partial charge in [0.2, 0.25) is 0 Å². The van der Waals surface area contributed by atoms with Crippen LogP contribution in [0.2, 0.25) is 0 Å². The molecule has 0 saturated heterocycles. The van der Waals surface area contributed by atoms with Gasteiger partial charge in [-0.05, 0) is 31.0 Å². The summed E-state index contributed by atoms with van der Waals surface area (Å²) in [6, 6.07) is 7.67. The Morgan fingerprint density at radius 3 is 2.81 bits per heavy atom. The molecule has 0 radical (unpaired) electrons. The zero-order valence-electron chi connectivity index (χ0n) is 12.0. The van der Waals surface area contributed by atoms with Crippen LogP contribution in [0.15, 0.2) is 34.7 Å². The lowest BCUT2D eigenvalue weighted by atomic mass is 10.2. The van der Waals surface area contributed by atoms with E-state index in [1.807, 2.05) is 36.6 Å². The number of hydrogen-bond donors (Lipinski definition) is 1. The third kappa shape index (κ3) is 5.00. The molecule has 1 N–H and O–H groups in total. The molecule has 21 heavy (non-hydrogen) atoms. The van der Waals surface area contributed by atoms with Gasteiger partial charge in [0.1, 0.15) is 5.75 Å². The van der Waals surface area contributed by atoms with Crippen molar-refractivity contribution < 1.29 is 9.53 Å². The van der Waals surface area contributed by atoms with E-state index < -0.39 is 0 Å². The van der Waals surface area contributed by atoms with E-state index in [-0.39, 0.29) is 12.5 Å². The normalized spacial score (nSPS) is 10.8. The maximum Gasteiger partial charge on any atom is 0.277 e. The molecule has 0 fully saturated rings. The maximum absolute atomic E-state index is 11.6. The number of nitrogens with zero attached hydrogens (tertiary/aromatic N) is 2. The summed E-state index contributed by atoms with van der Waals surface area (Å²) in [4.78, 5) is 15.8. The van der Waals surface area contributed by atoms with Crippen molar-refractivity contribution in [2.45, 2.75) is 20.3 Å². The predicted molar refractivity (Wildman–Crippen MR) is 83.9 cm³/mol. The molecule has 0 saturated carbocycles. The van der Waals surface area contributed by atoms with Crippen LogP contribution < -0.4 is 10.2 Å². The highest BCUT2D eigenvalue weighted by molar-refractivity contribution is 7.09. The lowest BCUT2D eigenvalue weighted by molar-refractivity contribution is -0.123. The van der Waals surface area contributed by atoms with E-state index in [0.29, 0.717) is 5.75 Å². The van der Waals surface area contributed by atoms with Crippen LogP contribution in [0.25, 0.3) is 0 Å². The smallest absolute Gasteiger partial charge is 0.277 e. The lowest BCUT2D eigenvalue weighted by Crippen LogP contribution is -2.24. The number of ether oxygens (including phenoxy) is 1. The van der Waals surface area contributed by atoms with Gasteiger partial charge in [0.25, 0.3) is 5.91 Å². The van der Waals surface area contributed by atoms with Gasteiger partial charge in [-0.25, -0.2) is 10.4 Å². The Labute approximate surface area is 127 Å². The number of thiazole rings is 1. The van der Waals surface area contributed by atoms with Crippen molar-refractivity contribution in [3.63, 3.8) is 0 Å². The van der Waals surface area contributed by atoms with E-state index in [1.54, 1.807) is 0 Å². The zero-order chi connectivity index (χ0) is 15.1. The molecule has 2 aromatic rings. The fourth-order valence-electron chi connectivity index (χ4n) is 1.61. The minimum absolute atomic E-state index is 0.0705. The summed E-state index contributed by atoms with van der Waals surface area (Å²) in [5, 5.41) is 6.67. The highest BCUT2D eigenvalue weighted by atomic mass is 32.1. The molecule has 1 aromatic carbocycles. The number of nitrogens with one attached hydrogen (secondary N) is 1. The summed E-state index contributed by atoms with van der Waals surface area (Å²) in [5.41, 5.74) is 4.37. The van der Waals surface area contributed by atoms with Crippen LogP contribution in [-0.4, -0.2) is 23.7 Å². The van der Waals surface area contributed by atoms with Gasteiger partial charge in [-0.3, -0.25) is 4.79 Å². The van der Waals surface area contributed by atoms with E-state index in [4.69, 9.17) is 4.74 Å². The second kappa shape index (κ2) is 7.54. The summed E-state index contributed by atoms with van der Waals surface area (Å²) in [5.74, 6) is 0.360. The van der Waals surface area contributed by atoms with Crippen LogP contribution in [0.4, 0.5) is 0 Å². The number of carbonyl (C=O) groups is 1. The van der Waals surface area contributed by atoms with E-state index >= 15 is 0 Å². The van der Waals surface area contributed by atoms with Gasteiger partial charge in [0, 0.05) is 5.38 Å². The molecular weight excluding hydrogens is 286 g/mol. The second-order valence-electron chi connectivity index (χ2n) is 4.37.